The highest BCUT2D eigenvalue weighted by Gasteiger charge is 2.28. The SMILES string of the molecule is CCOC(=O)C(O)C(O)c1ccco1. The van der Waals surface area contributed by atoms with Gasteiger partial charge in [0.05, 0.1) is 12.9 Å². The monoisotopic (exact) mass is 200 g/mol. The topological polar surface area (TPSA) is 79.9 Å². The lowest BCUT2D eigenvalue weighted by molar-refractivity contribution is -0.160. The second kappa shape index (κ2) is 4.78. The molecule has 1 heterocycles. The molecule has 0 aliphatic heterocycles. The Morgan fingerprint density at radius 3 is 2.86 bits per heavy atom. The second-order valence-electron chi connectivity index (χ2n) is 2.66. The van der Waals surface area contributed by atoms with E-state index < -0.39 is 18.2 Å². The van der Waals surface area contributed by atoms with Crippen molar-refractivity contribution in [1.29, 1.82) is 0 Å². The molecule has 0 radical (unpaired) electrons. The number of aliphatic hydroxyl groups is 2. The van der Waals surface area contributed by atoms with Crippen LogP contribution in [0.15, 0.2) is 22.8 Å². The molecule has 1 aromatic rings. The molecule has 0 bridgehead atoms. The van der Waals surface area contributed by atoms with Gasteiger partial charge >= 0.3 is 5.97 Å². The number of hydrogen-bond donors (Lipinski definition) is 2. The van der Waals surface area contributed by atoms with E-state index in [2.05, 4.69) is 4.74 Å². The average Bonchev–Trinajstić information content (AvgIpc) is 2.68. The maximum atomic E-state index is 11.0. The highest BCUT2D eigenvalue weighted by Crippen LogP contribution is 2.17. The van der Waals surface area contributed by atoms with Crippen molar-refractivity contribution in [2.24, 2.45) is 0 Å². The summed E-state index contributed by atoms with van der Waals surface area (Å²) in [6, 6.07) is 3.02. The summed E-state index contributed by atoms with van der Waals surface area (Å²) in [4.78, 5) is 11.0. The molecule has 0 spiro atoms. The van der Waals surface area contributed by atoms with Crippen LogP contribution in [0.4, 0.5) is 0 Å². The van der Waals surface area contributed by atoms with Gasteiger partial charge in [0.15, 0.2) is 6.10 Å². The third-order valence-electron chi connectivity index (χ3n) is 1.66. The Balaban J connectivity index is 2.61. The van der Waals surface area contributed by atoms with Crippen molar-refractivity contribution in [3.63, 3.8) is 0 Å². The van der Waals surface area contributed by atoms with E-state index in [1.807, 2.05) is 0 Å². The normalized spacial score (nSPS) is 14.8. The summed E-state index contributed by atoms with van der Waals surface area (Å²) in [5, 5.41) is 18.7. The highest BCUT2D eigenvalue weighted by molar-refractivity contribution is 5.75. The molecule has 1 rings (SSSR count). The summed E-state index contributed by atoms with van der Waals surface area (Å²) in [6.45, 7) is 1.77. The molecular weight excluding hydrogens is 188 g/mol. The van der Waals surface area contributed by atoms with Crippen molar-refractivity contribution in [2.75, 3.05) is 6.61 Å². The first-order chi connectivity index (χ1) is 6.66. The zero-order valence-corrected chi connectivity index (χ0v) is 7.71. The van der Waals surface area contributed by atoms with Crippen molar-refractivity contribution in [2.45, 2.75) is 19.1 Å². The average molecular weight is 200 g/mol. The van der Waals surface area contributed by atoms with E-state index in [1.54, 1.807) is 13.0 Å². The molecule has 0 saturated heterocycles. The van der Waals surface area contributed by atoms with Gasteiger partial charge in [0.1, 0.15) is 11.9 Å². The van der Waals surface area contributed by atoms with Crippen LogP contribution in [0.25, 0.3) is 0 Å². The van der Waals surface area contributed by atoms with Gasteiger partial charge in [0.25, 0.3) is 0 Å². The maximum Gasteiger partial charge on any atom is 0.338 e. The Morgan fingerprint density at radius 2 is 2.36 bits per heavy atom. The molecule has 0 aliphatic carbocycles. The van der Waals surface area contributed by atoms with Crippen LogP contribution in [-0.4, -0.2) is 28.9 Å². The van der Waals surface area contributed by atoms with Gasteiger partial charge in [-0.05, 0) is 19.1 Å². The number of ether oxygens (including phenoxy) is 1. The smallest absolute Gasteiger partial charge is 0.338 e. The van der Waals surface area contributed by atoms with E-state index in [-0.39, 0.29) is 12.4 Å². The predicted octanol–water partition coefficient (Wildman–Crippen LogP) is 0.237. The molecule has 0 aliphatic rings. The van der Waals surface area contributed by atoms with E-state index in [4.69, 9.17) is 4.42 Å². The third-order valence-corrected chi connectivity index (χ3v) is 1.66. The van der Waals surface area contributed by atoms with Crippen LogP contribution in [-0.2, 0) is 9.53 Å². The van der Waals surface area contributed by atoms with Crippen molar-refractivity contribution in [1.82, 2.24) is 0 Å². The number of hydrogen-bond acceptors (Lipinski definition) is 5. The minimum atomic E-state index is -1.61. The van der Waals surface area contributed by atoms with Gasteiger partial charge in [-0.1, -0.05) is 0 Å². The number of furan rings is 1. The van der Waals surface area contributed by atoms with Gasteiger partial charge in [-0.15, -0.1) is 0 Å². The van der Waals surface area contributed by atoms with Crippen LogP contribution in [0.1, 0.15) is 18.8 Å². The lowest BCUT2D eigenvalue weighted by Gasteiger charge is -2.13. The van der Waals surface area contributed by atoms with E-state index in [0.717, 1.165) is 0 Å². The first-order valence-corrected chi connectivity index (χ1v) is 4.23. The van der Waals surface area contributed by atoms with Crippen LogP contribution in [0.2, 0.25) is 0 Å². The van der Waals surface area contributed by atoms with Crippen molar-refractivity contribution in [3.8, 4) is 0 Å². The van der Waals surface area contributed by atoms with E-state index in [0.29, 0.717) is 0 Å². The van der Waals surface area contributed by atoms with Gasteiger partial charge in [-0.2, -0.15) is 0 Å². The summed E-state index contributed by atoms with van der Waals surface area (Å²) in [6.07, 6.45) is -1.65. The van der Waals surface area contributed by atoms with Crippen molar-refractivity contribution < 1.29 is 24.2 Å². The Labute approximate surface area is 80.9 Å². The molecule has 2 atom stereocenters. The largest absolute Gasteiger partial charge is 0.466 e. The second-order valence-corrected chi connectivity index (χ2v) is 2.66. The Bertz CT molecular complexity index is 279. The Kier molecular flexibility index (Phi) is 3.67. The lowest BCUT2D eigenvalue weighted by Crippen LogP contribution is -2.29. The molecular formula is C9H12O5. The lowest BCUT2D eigenvalue weighted by atomic mass is 10.1. The highest BCUT2D eigenvalue weighted by atomic mass is 16.5. The van der Waals surface area contributed by atoms with Crippen LogP contribution >= 0.6 is 0 Å². The zero-order chi connectivity index (χ0) is 10.6. The number of rotatable bonds is 4. The number of carbonyl (C=O) groups excluding carboxylic acids is 1. The first-order valence-electron chi connectivity index (χ1n) is 4.23. The van der Waals surface area contributed by atoms with Crippen LogP contribution in [0, 0.1) is 0 Å². The van der Waals surface area contributed by atoms with E-state index in [1.165, 1.54) is 12.3 Å². The van der Waals surface area contributed by atoms with Crippen molar-refractivity contribution in [3.05, 3.63) is 24.2 Å². The molecule has 2 unspecified atom stereocenters. The third kappa shape index (κ3) is 2.34. The Hall–Kier alpha value is -1.33. The molecule has 0 amide bonds. The quantitative estimate of drug-likeness (QED) is 0.680. The molecule has 2 N–H and O–H groups in total. The van der Waals surface area contributed by atoms with Gasteiger partial charge in [-0.25, -0.2) is 4.79 Å². The van der Waals surface area contributed by atoms with Gasteiger partial charge in [0.2, 0.25) is 0 Å². The number of aliphatic hydroxyl groups excluding tert-OH is 2. The number of esters is 1. The molecule has 1 aromatic heterocycles. The van der Waals surface area contributed by atoms with Gasteiger partial charge in [0, 0.05) is 0 Å². The van der Waals surface area contributed by atoms with Gasteiger partial charge < -0.3 is 19.4 Å². The van der Waals surface area contributed by atoms with Crippen LogP contribution in [0.5, 0.6) is 0 Å². The van der Waals surface area contributed by atoms with E-state index in [9.17, 15) is 15.0 Å². The number of carbonyl (C=O) groups is 1. The standard InChI is InChI=1S/C9H12O5/c1-2-13-9(12)8(11)7(10)6-4-3-5-14-6/h3-5,7-8,10-11H,2H2,1H3. The molecule has 0 saturated carbocycles. The minimum absolute atomic E-state index is 0.130. The molecule has 0 aromatic carbocycles. The predicted molar refractivity (Wildman–Crippen MR) is 46.3 cm³/mol. The maximum absolute atomic E-state index is 11.0. The molecule has 78 valence electrons. The van der Waals surface area contributed by atoms with E-state index >= 15 is 0 Å². The summed E-state index contributed by atoms with van der Waals surface area (Å²) < 4.78 is 9.36. The molecule has 14 heavy (non-hydrogen) atoms. The van der Waals surface area contributed by atoms with Crippen molar-refractivity contribution >= 4 is 5.97 Å². The fourth-order valence-corrected chi connectivity index (χ4v) is 0.972. The summed E-state index contributed by atoms with van der Waals surface area (Å²) in [7, 11) is 0. The van der Waals surface area contributed by atoms with Gasteiger partial charge in [-0.3, -0.25) is 0 Å². The fourth-order valence-electron chi connectivity index (χ4n) is 0.972. The summed E-state index contributed by atoms with van der Waals surface area (Å²) in [5.41, 5.74) is 0. The van der Waals surface area contributed by atoms with Crippen LogP contribution < -0.4 is 0 Å². The molecule has 5 nitrogen and oxygen atoms in total. The molecule has 0 fully saturated rings. The first kappa shape index (κ1) is 10.7. The summed E-state index contributed by atoms with van der Waals surface area (Å²) in [5.74, 6) is -0.734. The zero-order valence-electron chi connectivity index (χ0n) is 7.71. The Morgan fingerprint density at radius 1 is 1.64 bits per heavy atom. The minimum Gasteiger partial charge on any atom is -0.466 e. The fraction of sp³-hybridized carbons (Fsp3) is 0.444. The van der Waals surface area contributed by atoms with Crippen LogP contribution in [0.3, 0.4) is 0 Å². The summed E-state index contributed by atoms with van der Waals surface area (Å²) >= 11 is 0. The molecule has 5 heteroatoms.